The maximum absolute atomic E-state index is 5.60. The summed E-state index contributed by atoms with van der Waals surface area (Å²) in [6, 6.07) is 0.301. The molecule has 0 saturated carbocycles. The van der Waals surface area contributed by atoms with E-state index >= 15 is 0 Å². The van der Waals surface area contributed by atoms with Crippen LogP contribution in [-0.4, -0.2) is 18.8 Å². The Morgan fingerprint density at radius 3 is 2.25 bits per heavy atom. The first-order valence-corrected chi connectivity index (χ1v) is 3.09. The van der Waals surface area contributed by atoms with E-state index in [2.05, 4.69) is 13.8 Å². The maximum Gasteiger partial charge on any atom is 0.0772 e. The van der Waals surface area contributed by atoms with Gasteiger partial charge in [0.2, 0.25) is 0 Å². The SMILES string of the molecule is CC(C)C1OCC1N. The van der Waals surface area contributed by atoms with Gasteiger partial charge in [0.25, 0.3) is 0 Å². The summed E-state index contributed by atoms with van der Waals surface area (Å²) in [7, 11) is 0. The van der Waals surface area contributed by atoms with Gasteiger partial charge in [0, 0.05) is 0 Å². The van der Waals surface area contributed by atoms with Crippen LogP contribution in [0, 0.1) is 5.92 Å². The molecule has 0 radical (unpaired) electrons. The summed E-state index contributed by atoms with van der Waals surface area (Å²) in [6.07, 6.45) is 0.329. The Kier molecular flexibility index (Phi) is 1.54. The van der Waals surface area contributed by atoms with Crippen molar-refractivity contribution in [3.05, 3.63) is 0 Å². The first-order valence-electron chi connectivity index (χ1n) is 3.09. The van der Waals surface area contributed by atoms with Crippen LogP contribution in [-0.2, 0) is 4.74 Å². The molecule has 1 aliphatic heterocycles. The molecule has 1 fully saturated rings. The highest BCUT2D eigenvalue weighted by Crippen LogP contribution is 2.17. The zero-order valence-corrected chi connectivity index (χ0v) is 5.42. The van der Waals surface area contributed by atoms with Gasteiger partial charge in [-0.25, -0.2) is 0 Å². The average Bonchev–Trinajstić information content (AvgIpc) is 1.61. The Hall–Kier alpha value is -0.0800. The third-order valence-corrected chi connectivity index (χ3v) is 1.56. The Morgan fingerprint density at radius 1 is 1.62 bits per heavy atom. The summed E-state index contributed by atoms with van der Waals surface area (Å²) in [5, 5.41) is 0. The molecule has 2 atom stereocenters. The molecule has 0 amide bonds. The first-order chi connectivity index (χ1) is 3.72. The lowest BCUT2D eigenvalue weighted by molar-refractivity contribution is -0.0969. The van der Waals surface area contributed by atoms with Crippen molar-refractivity contribution in [3.8, 4) is 0 Å². The molecular formula is C6H13NO. The molecule has 0 aromatic carbocycles. The predicted molar refractivity (Wildman–Crippen MR) is 32.6 cm³/mol. The Labute approximate surface area is 50.0 Å². The van der Waals surface area contributed by atoms with Gasteiger partial charge in [0.15, 0.2) is 0 Å². The number of nitrogens with two attached hydrogens (primary N) is 1. The van der Waals surface area contributed by atoms with Crippen LogP contribution in [0.2, 0.25) is 0 Å². The van der Waals surface area contributed by atoms with Gasteiger partial charge in [-0.3, -0.25) is 0 Å². The number of ether oxygens (including phenoxy) is 1. The lowest BCUT2D eigenvalue weighted by atomic mass is 9.96. The Bertz CT molecular complexity index is 77.8. The van der Waals surface area contributed by atoms with Crippen molar-refractivity contribution in [3.63, 3.8) is 0 Å². The fraction of sp³-hybridized carbons (Fsp3) is 1.00. The summed E-state index contributed by atoms with van der Waals surface area (Å²) >= 11 is 0. The number of rotatable bonds is 1. The Morgan fingerprint density at radius 2 is 2.25 bits per heavy atom. The van der Waals surface area contributed by atoms with E-state index in [1.807, 2.05) is 0 Å². The molecule has 2 unspecified atom stereocenters. The minimum Gasteiger partial charge on any atom is -0.375 e. The van der Waals surface area contributed by atoms with Gasteiger partial charge >= 0.3 is 0 Å². The van der Waals surface area contributed by atoms with Crippen LogP contribution in [0.15, 0.2) is 0 Å². The van der Waals surface area contributed by atoms with Crippen LogP contribution in [0.25, 0.3) is 0 Å². The molecule has 1 aliphatic rings. The molecule has 0 aromatic rings. The third kappa shape index (κ3) is 0.858. The van der Waals surface area contributed by atoms with Crippen LogP contribution >= 0.6 is 0 Å². The molecule has 1 heterocycles. The van der Waals surface area contributed by atoms with Crippen molar-refractivity contribution < 1.29 is 4.74 Å². The first kappa shape index (κ1) is 6.05. The second-order valence-electron chi connectivity index (χ2n) is 2.71. The second-order valence-corrected chi connectivity index (χ2v) is 2.71. The highest BCUT2D eigenvalue weighted by molar-refractivity contribution is 4.83. The van der Waals surface area contributed by atoms with Gasteiger partial charge < -0.3 is 10.5 Å². The lowest BCUT2D eigenvalue weighted by Crippen LogP contribution is -2.53. The highest BCUT2D eigenvalue weighted by atomic mass is 16.5. The van der Waals surface area contributed by atoms with Crippen LogP contribution < -0.4 is 5.73 Å². The molecule has 2 nitrogen and oxygen atoms in total. The van der Waals surface area contributed by atoms with Gasteiger partial charge in [-0.15, -0.1) is 0 Å². The van der Waals surface area contributed by atoms with Crippen molar-refractivity contribution in [2.45, 2.75) is 26.0 Å². The van der Waals surface area contributed by atoms with E-state index in [1.54, 1.807) is 0 Å². The van der Waals surface area contributed by atoms with Crippen LogP contribution in [0.1, 0.15) is 13.8 Å². The number of hydrogen-bond acceptors (Lipinski definition) is 2. The van der Waals surface area contributed by atoms with Crippen molar-refractivity contribution in [1.82, 2.24) is 0 Å². The minimum atomic E-state index is 0.301. The topological polar surface area (TPSA) is 35.2 Å². The van der Waals surface area contributed by atoms with Crippen molar-refractivity contribution in [2.75, 3.05) is 6.61 Å². The van der Waals surface area contributed by atoms with Crippen molar-refractivity contribution in [2.24, 2.45) is 11.7 Å². The summed E-state index contributed by atoms with van der Waals surface area (Å²) in [5.74, 6) is 0.582. The standard InChI is InChI=1S/C6H13NO/c1-4(2)6-5(7)3-8-6/h4-6H,3,7H2,1-2H3. The van der Waals surface area contributed by atoms with Crippen molar-refractivity contribution in [1.29, 1.82) is 0 Å². The van der Waals surface area contributed by atoms with Gasteiger partial charge in [0.05, 0.1) is 18.8 Å². The summed E-state index contributed by atoms with van der Waals surface area (Å²) in [4.78, 5) is 0. The molecule has 1 saturated heterocycles. The molecule has 0 bridgehead atoms. The summed E-state index contributed by atoms with van der Waals surface area (Å²) in [6.45, 7) is 5.01. The van der Waals surface area contributed by atoms with Crippen LogP contribution in [0.5, 0.6) is 0 Å². The third-order valence-electron chi connectivity index (χ3n) is 1.56. The fourth-order valence-electron chi connectivity index (χ4n) is 1.01. The molecule has 0 spiro atoms. The van der Waals surface area contributed by atoms with E-state index < -0.39 is 0 Å². The predicted octanol–water partition coefficient (Wildman–Crippen LogP) is 0.369. The fourth-order valence-corrected chi connectivity index (χ4v) is 1.01. The van der Waals surface area contributed by atoms with E-state index in [4.69, 9.17) is 10.5 Å². The van der Waals surface area contributed by atoms with Gasteiger partial charge in [-0.05, 0) is 5.92 Å². The Balaban J connectivity index is 2.26. The van der Waals surface area contributed by atoms with E-state index in [1.165, 1.54) is 0 Å². The molecule has 0 aromatic heterocycles. The molecule has 2 N–H and O–H groups in total. The van der Waals surface area contributed by atoms with Gasteiger partial charge in [-0.1, -0.05) is 13.8 Å². The molecule has 1 rings (SSSR count). The average molecular weight is 115 g/mol. The largest absolute Gasteiger partial charge is 0.375 e. The molecule has 2 heteroatoms. The molecule has 8 heavy (non-hydrogen) atoms. The van der Waals surface area contributed by atoms with Gasteiger partial charge in [0.1, 0.15) is 0 Å². The van der Waals surface area contributed by atoms with Crippen molar-refractivity contribution >= 4 is 0 Å². The second kappa shape index (κ2) is 2.03. The maximum atomic E-state index is 5.60. The number of hydrogen-bond donors (Lipinski definition) is 1. The zero-order valence-electron chi connectivity index (χ0n) is 5.42. The summed E-state index contributed by atoms with van der Waals surface area (Å²) in [5.41, 5.74) is 5.60. The van der Waals surface area contributed by atoms with E-state index in [9.17, 15) is 0 Å². The normalized spacial score (nSPS) is 37.5. The van der Waals surface area contributed by atoms with Crippen LogP contribution in [0.4, 0.5) is 0 Å². The van der Waals surface area contributed by atoms with Crippen LogP contribution in [0.3, 0.4) is 0 Å². The quantitative estimate of drug-likeness (QED) is 0.536. The van der Waals surface area contributed by atoms with E-state index in [0.29, 0.717) is 18.1 Å². The zero-order chi connectivity index (χ0) is 6.15. The lowest BCUT2D eigenvalue weighted by Gasteiger charge is -2.36. The van der Waals surface area contributed by atoms with Gasteiger partial charge in [-0.2, -0.15) is 0 Å². The summed E-state index contributed by atoms with van der Waals surface area (Å²) < 4.78 is 5.18. The molecule has 48 valence electrons. The van der Waals surface area contributed by atoms with E-state index in [0.717, 1.165) is 6.61 Å². The molecule has 0 aliphatic carbocycles. The smallest absolute Gasteiger partial charge is 0.0772 e. The molecular weight excluding hydrogens is 102 g/mol. The monoisotopic (exact) mass is 115 g/mol. The van der Waals surface area contributed by atoms with E-state index in [-0.39, 0.29) is 0 Å². The minimum absolute atomic E-state index is 0.301. The highest BCUT2D eigenvalue weighted by Gasteiger charge is 2.30.